The van der Waals surface area contributed by atoms with Crippen LogP contribution in [-0.4, -0.2) is 50.8 Å². The molecule has 8 nitrogen and oxygen atoms in total. The van der Waals surface area contributed by atoms with Gasteiger partial charge >= 0.3 is 0 Å². The van der Waals surface area contributed by atoms with Gasteiger partial charge in [-0.1, -0.05) is 0 Å². The van der Waals surface area contributed by atoms with Gasteiger partial charge in [0.2, 0.25) is 10.0 Å². The van der Waals surface area contributed by atoms with Crippen LogP contribution in [0.2, 0.25) is 0 Å². The van der Waals surface area contributed by atoms with Crippen LogP contribution in [0, 0.1) is 0 Å². The van der Waals surface area contributed by atoms with Crippen molar-refractivity contribution in [3.05, 3.63) is 18.2 Å². The highest BCUT2D eigenvalue weighted by Gasteiger charge is 2.31. The number of ether oxygens (including phenoxy) is 1. The molecule has 0 radical (unpaired) electrons. The number of anilines is 1. The maximum absolute atomic E-state index is 12.5. The van der Waals surface area contributed by atoms with Crippen molar-refractivity contribution in [3.63, 3.8) is 0 Å². The Kier molecular flexibility index (Phi) is 3.99. The number of carboxylic acids is 1. The normalized spacial score (nSPS) is 18.6. The summed E-state index contributed by atoms with van der Waals surface area (Å²) in [5, 5.41) is 10.8. The molecule has 9 heteroatoms. The highest BCUT2D eigenvalue weighted by atomic mass is 32.2. The van der Waals surface area contributed by atoms with Gasteiger partial charge in [0.15, 0.2) is 6.61 Å². The smallest absolute Gasteiger partial charge is 0.265 e. The van der Waals surface area contributed by atoms with E-state index in [9.17, 15) is 23.1 Å². The Hall–Kier alpha value is -2.13. The Morgan fingerprint density at radius 2 is 1.96 bits per heavy atom. The van der Waals surface area contributed by atoms with Crippen LogP contribution < -0.4 is 14.7 Å². The number of benzene rings is 1. The number of carbonyl (C=O) groups excluding carboxylic acids is 2. The molecule has 0 aliphatic carbocycles. The monoisotopic (exact) mass is 339 g/mol. The molecule has 0 saturated carbocycles. The average molecular weight is 339 g/mol. The minimum Gasteiger partial charge on any atom is -0.548 e. The molecule has 23 heavy (non-hydrogen) atoms. The van der Waals surface area contributed by atoms with Gasteiger partial charge in [-0.05, 0) is 25.0 Å². The van der Waals surface area contributed by atoms with Gasteiger partial charge in [0.1, 0.15) is 5.75 Å². The molecule has 0 aromatic heterocycles. The lowest BCUT2D eigenvalue weighted by molar-refractivity contribution is -0.303. The Morgan fingerprint density at radius 3 is 2.61 bits per heavy atom. The summed E-state index contributed by atoms with van der Waals surface area (Å²) in [6, 6.07) is 4.08. The zero-order valence-corrected chi connectivity index (χ0v) is 13.0. The van der Waals surface area contributed by atoms with Crippen molar-refractivity contribution in [1.29, 1.82) is 0 Å². The van der Waals surface area contributed by atoms with Crippen molar-refractivity contribution < 1.29 is 27.9 Å². The van der Waals surface area contributed by atoms with E-state index in [-0.39, 0.29) is 22.9 Å². The maximum atomic E-state index is 12.5. The molecule has 1 saturated heterocycles. The molecule has 0 spiro atoms. The van der Waals surface area contributed by atoms with Crippen LogP contribution in [0.25, 0.3) is 0 Å². The number of aliphatic carboxylic acids is 1. The number of hydrogen-bond acceptors (Lipinski definition) is 6. The van der Waals surface area contributed by atoms with Crippen molar-refractivity contribution in [2.45, 2.75) is 17.7 Å². The molecule has 2 aliphatic rings. The molecule has 1 amide bonds. The molecule has 1 aromatic carbocycles. The molecule has 124 valence electrons. The van der Waals surface area contributed by atoms with E-state index in [4.69, 9.17) is 4.74 Å². The van der Waals surface area contributed by atoms with Gasteiger partial charge in [0.25, 0.3) is 5.91 Å². The molecule has 2 aliphatic heterocycles. The van der Waals surface area contributed by atoms with E-state index >= 15 is 0 Å². The van der Waals surface area contributed by atoms with Gasteiger partial charge in [-0.2, -0.15) is 4.31 Å². The first-order chi connectivity index (χ1) is 10.9. The van der Waals surface area contributed by atoms with Crippen LogP contribution in [0.5, 0.6) is 5.75 Å². The minimum atomic E-state index is -3.61. The van der Waals surface area contributed by atoms with Crippen LogP contribution in [-0.2, 0) is 19.6 Å². The molecule has 2 heterocycles. The fourth-order valence-electron chi connectivity index (χ4n) is 2.73. The van der Waals surface area contributed by atoms with Gasteiger partial charge in [-0.3, -0.25) is 4.79 Å². The van der Waals surface area contributed by atoms with Crippen molar-refractivity contribution in [3.8, 4) is 5.75 Å². The highest BCUT2D eigenvalue weighted by Crippen LogP contribution is 2.35. The second kappa shape index (κ2) is 5.82. The number of sulfonamides is 1. The van der Waals surface area contributed by atoms with E-state index in [2.05, 4.69) is 0 Å². The molecular formula is C14H15N2O6S-. The predicted molar refractivity (Wildman–Crippen MR) is 77.3 cm³/mol. The number of amides is 1. The topological polar surface area (TPSA) is 107 Å². The summed E-state index contributed by atoms with van der Waals surface area (Å²) in [4.78, 5) is 23.6. The second-order valence-electron chi connectivity index (χ2n) is 5.38. The molecule has 0 unspecified atom stereocenters. The summed E-state index contributed by atoms with van der Waals surface area (Å²) >= 11 is 0. The molecule has 1 aromatic rings. The zero-order valence-electron chi connectivity index (χ0n) is 12.2. The summed E-state index contributed by atoms with van der Waals surface area (Å²) in [6.45, 7) is 0.0199. The predicted octanol–water partition coefficient (Wildman–Crippen LogP) is -1.05. The summed E-state index contributed by atoms with van der Waals surface area (Å²) in [6.07, 6.45) is 1.66. The molecule has 0 bridgehead atoms. The van der Waals surface area contributed by atoms with Crippen LogP contribution in [0.1, 0.15) is 12.8 Å². The number of hydrogen-bond donors (Lipinski definition) is 0. The van der Waals surface area contributed by atoms with Crippen LogP contribution in [0.15, 0.2) is 23.1 Å². The second-order valence-corrected chi connectivity index (χ2v) is 7.32. The summed E-state index contributed by atoms with van der Waals surface area (Å²) in [5.74, 6) is -1.75. The fraction of sp³-hybridized carbons (Fsp3) is 0.429. The highest BCUT2D eigenvalue weighted by molar-refractivity contribution is 7.89. The average Bonchev–Trinajstić information content (AvgIpc) is 3.04. The molecule has 0 N–H and O–H groups in total. The van der Waals surface area contributed by atoms with Crippen LogP contribution in [0.4, 0.5) is 5.69 Å². The van der Waals surface area contributed by atoms with Crippen LogP contribution >= 0.6 is 0 Å². The first-order valence-electron chi connectivity index (χ1n) is 7.17. The van der Waals surface area contributed by atoms with Crippen molar-refractivity contribution in [2.75, 3.05) is 31.1 Å². The first-order valence-corrected chi connectivity index (χ1v) is 8.61. The van der Waals surface area contributed by atoms with Crippen molar-refractivity contribution in [2.24, 2.45) is 0 Å². The van der Waals surface area contributed by atoms with E-state index in [1.807, 2.05) is 0 Å². The lowest BCUT2D eigenvalue weighted by atomic mass is 10.2. The number of nitrogens with zero attached hydrogens (tertiary/aromatic N) is 2. The molecule has 1 fully saturated rings. The Bertz CT molecular complexity index is 755. The standard InChI is InChI=1S/C14H16N2O6S/c17-13-9-22-12-7-10(23(20,21)15-5-1-2-6-15)3-4-11(12)16(13)8-14(18)19/h3-4,7H,1-2,5-6,8-9H2,(H,18,19)/p-1. The first kappa shape index (κ1) is 15.8. The minimum absolute atomic E-state index is 0.0703. The molecular weight excluding hydrogens is 324 g/mol. The van der Waals surface area contributed by atoms with E-state index in [0.29, 0.717) is 13.1 Å². The number of fused-ring (bicyclic) bond motifs is 1. The number of carbonyl (C=O) groups is 2. The SMILES string of the molecule is O=C([O-])CN1C(=O)COc2cc(S(=O)(=O)N3CCCC3)ccc21. The lowest BCUT2D eigenvalue weighted by Gasteiger charge is -2.30. The van der Waals surface area contributed by atoms with Crippen molar-refractivity contribution in [1.82, 2.24) is 4.31 Å². The van der Waals surface area contributed by atoms with E-state index < -0.39 is 28.4 Å². The van der Waals surface area contributed by atoms with Gasteiger partial charge in [-0.15, -0.1) is 0 Å². The Labute approximate surface area is 133 Å². The Morgan fingerprint density at radius 1 is 1.26 bits per heavy atom. The van der Waals surface area contributed by atoms with E-state index in [0.717, 1.165) is 17.7 Å². The van der Waals surface area contributed by atoms with Gasteiger partial charge < -0.3 is 19.5 Å². The third kappa shape index (κ3) is 2.89. The number of carboxylic acid groups (broad SMARTS) is 1. The molecule has 0 atom stereocenters. The van der Waals surface area contributed by atoms with Gasteiger partial charge in [-0.25, -0.2) is 8.42 Å². The zero-order chi connectivity index (χ0) is 16.6. The van der Waals surface area contributed by atoms with Crippen LogP contribution in [0.3, 0.4) is 0 Å². The van der Waals surface area contributed by atoms with E-state index in [1.54, 1.807) is 0 Å². The summed E-state index contributed by atoms with van der Waals surface area (Å²) < 4.78 is 31.7. The third-order valence-electron chi connectivity index (χ3n) is 3.86. The van der Waals surface area contributed by atoms with Gasteiger partial charge in [0, 0.05) is 19.2 Å². The quantitative estimate of drug-likeness (QED) is 0.692. The van der Waals surface area contributed by atoms with Gasteiger partial charge in [0.05, 0.1) is 23.1 Å². The Balaban J connectivity index is 1.96. The largest absolute Gasteiger partial charge is 0.548 e. The lowest BCUT2D eigenvalue weighted by Crippen LogP contribution is -2.45. The number of rotatable bonds is 4. The van der Waals surface area contributed by atoms with Crippen molar-refractivity contribution >= 4 is 27.6 Å². The fourth-order valence-corrected chi connectivity index (χ4v) is 4.26. The molecule has 3 rings (SSSR count). The summed E-state index contributed by atoms with van der Waals surface area (Å²) in [7, 11) is -3.61. The third-order valence-corrected chi connectivity index (χ3v) is 5.76. The van der Waals surface area contributed by atoms with E-state index in [1.165, 1.54) is 22.5 Å². The summed E-state index contributed by atoms with van der Waals surface area (Å²) in [5.41, 5.74) is 0.228. The maximum Gasteiger partial charge on any atom is 0.265 e.